The van der Waals surface area contributed by atoms with Crippen LogP contribution in [0.1, 0.15) is 11.9 Å². The van der Waals surface area contributed by atoms with Gasteiger partial charge in [-0.2, -0.15) is 17.8 Å². The van der Waals surface area contributed by atoms with Crippen molar-refractivity contribution >= 4 is 18.7 Å². The summed E-state index contributed by atoms with van der Waals surface area (Å²) in [6, 6.07) is -0.394. The Morgan fingerprint density at radius 2 is 2.62 bits per heavy atom. The van der Waals surface area contributed by atoms with Crippen LogP contribution in [-0.2, 0) is 4.74 Å². The van der Waals surface area contributed by atoms with E-state index in [4.69, 9.17) is 0 Å². The van der Waals surface area contributed by atoms with Crippen molar-refractivity contribution in [3.05, 3.63) is 5.82 Å². The number of thiol groups is 1. The molecule has 1 atom stereocenters. The first-order chi connectivity index (χ1) is 6.27. The second-order valence-corrected chi connectivity index (χ2v) is 2.51. The summed E-state index contributed by atoms with van der Waals surface area (Å²) in [7, 11) is 1.28. The van der Waals surface area contributed by atoms with Gasteiger partial charge in [-0.3, -0.25) is 0 Å². The Morgan fingerprint density at radius 3 is 3.08 bits per heavy atom. The fourth-order valence-electron chi connectivity index (χ4n) is 0.710. The first kappa shape index (κ1) is 9.78. The number of alkyl carbamates (subject to hydrolysis) is 1. The molecule has 0 saturated carbocycles. The molecule has 72 valence electrons. The second-order valence-electron chi connectivity index (χ2n) is 2.14. The summed E-state index contributed by atoms with van der Waals surface area (Å²) in [6.45, 7) is 0. The van der Waals surface area contributed by atoms with Crippen molar-refractivity contribution in [3.63, 3.8) is 0 Å². The van der Waals surface area contributed by atoms with Crippen molar-refractivity contribution in [3.8, 4) is 0 Å². The van der Waals surface area contributed by atoms with Crippen molar-refractivity contribution in [2.24, 2.45) is 0 Å². The molecule has 1 aromatic rings. The molecule has 13 heavy (non-hydrogen) atoms. The lowest BCUT2D eigenvalue weighted by Gasteiger charge is -2.10. The molecule has 0 spiro atoms. The molecule has 1 amide bonds. The van der Waals surface area contributed by atoms with Crippen molar-refractivity contribution < 1.29 is 9.53 Å². The predicted molar refractivity (Wildman–Crippen MR) is 46.3 cm³/mol. The van der Waals surface area contributed by atoms with Gasteiger partial charge in [-0.25, -0.2) is 4.79 Å². The first-order valence-corrected chi connectivity index (χ1v) is 4.10. The molecule has 1 heterocycles. The minimum atomic E-state index is -0.552. The molecule has 0 bridgehead atoms. The van der Waals surface area contributed by atoms with Crippen LogP contribution in [0.15, 0.2) is 0 Å². The highest BCUT2D eigenvalue weighted by Crippen LogP contribution is 2.06. The molecule has 1 aromatic heterocycles. The summed E-state index contributed by atoms with van der Waals surface area (Å²) in [4.78, 5) is 10.8. The molecular weight excluding hydrogens is 194 g/mol. The average molecular weight is 203 g/mol. The molecule has 2 N–H and O–H groups in total. The third-order valence-corrected chi connectivity index (χ3v) is 1.70. The molecule has 0 saturated heterocycles. The van der Waals surface area contributed by atoms with Gasteiger partial charge in [0.15, 0.2) is 5.82 Å². The van der Waals surface area contributed by atoms with E-state index in [1.165, 1.54) is 7.11 Å². The van der Waals surface area contributed by atoms with Gasteiger partial charge in [0.1, 0.15) is 6.04 Å². The van der Waals surface area contributed by atoms with Crippen LogP contribution >= 0.6 is 12.6 Å². The van der Waals surface area contributed by atoms with Gasteiger partial charge in [0.05, 0.1) is 7.11 Å². The van der Waals surface area contributed by atoms with E-state index in [0.29, 0.717) is 11.6 Å². The SMILES string of the molecule is COC(=O)N[C@@H](CS)c1nn[nH]n1. The van der Waals surface area contributed by atoms with Crippen LogP contribution in [0.25, 0.3) is 0 Å². The molecule has 0 aromatic carbocycles. The number of carbonyl (C=O) groups is 1. The van der Waals surface area contributed by atoms with E-state index in [0.717, 1.165) is 0 Å². The lowest BCUT2D eigenvalue weighted by atomic mass is 10.3. The molecule has 1 rings (SSSR count). The highest BCUT2D eigenvalue weighted by atomic mass is 32.1. The van der Waals surface area contributed by atoms with E-state index in [9.17, 15) is 4.79 Å². The summed E-state index contributed by atoms with van der Waals surface area (Å²) in [5.74, 6) is 0.745. The maximum absolute atomic E-state index is 10.8. The van der Waals surface area contributed by atoms with E-state index >= 15 is 0 Å². The highest BCUT2D eigenvalue weighted by Gasteiger charge is 2.16. The standard InChI is InChI=1S/C5H9N5O2S/c1-12-5(11)6-3(2-13)4-7-9-10-8-4/h3,13H,2H2,1H3,(H,6,11)(H,7,8,9,10)/t3-/m0/s1. The Labute approximate surface area is 79.6 Å². The van der Waals surface area contributed by atoms with Gasteiger partial charge in [0.2, 0.25) is 0 Å². The molecule has 0 aliphatic heterocycles. The van der Waals surface area contributed by atoms with Crippen molar-refractivity contribution in [1.29, 1.82) is 0 Å². The zero-order chi connectivity index (χ0) is 9.68. The zero-order valence-electron chi connectivity index (χ0n) is 6.89. The highest BCUT2D eigenvalue weighted by molar-refractivity contribution is 7.80. The number of H-pyrrole nitrogens is 1. The van der Waals surface area contributed by atoms with Crippen molar-refractivity contribution in [2.45, 2.75) is 6.04 Å². The van der Waals surface area contributed by atoms with Crippen LogP contribution in [0.5, 0.6) is 0 Å². The van der Waals surface area contributed by atoms with Gasteiger partial charge >= 0.3 is 6.09 Å². The smallest absolute Gasteiger partial charge is 0.407 e. The third-order valence-electron chi connectivity index (χ3n) is 1.33. The van der Waals surface area contributed by atoms with Gasteiger partial charge < -0.3 is 10.1 Å². The summed E-state index contributed by atoms with van der Waals surface area (Å²) in [6.07, 6.45) is -0.552. The van der Waals surface area contributed by atoms with E-state index in [-0.39, 0.29) is 0 Å². The average Bonchev–Trinajstić information content (AvgIpc) is 2.66. The first-order valence-electron chi connectivity index (χ1n) is 3.46. The summed E-state index contributed by atoms with van der Waals surface area (Å²) in [5, 5.41) is 15.6. The van der Waals surface area contributed by atoms with E-state index in [1.807, 2.05) is 0 Å². The molecule has 0 fully saturated rings. The summed E-state index contributed by atoms with van der Waals surface area (Å²) in [5.41, 5.74) is 0. The summed E-state index contributed by atoms with van der Waals surface area (Å²) < 4.78 is 4.41. The molecular formula is C5H9N5O2S. The second kappa shape index (κ2) is 4.65. The number of nitrogens with one attached hydrogen (secondary N) is 2. The largest absolute Gasteiger partial charge is 0.453 e. The van der Waals surface area contributed by atoms with Gasteiger partial charge in [-0.15, -0.1) is 10.2 Å². The fourth-order valence-corrected chi connectivity index (χ4v) is 0.965. The minimum Gasteiger partial charge on any atom is -0.453 e. The Kier molecular flexibility index (Phi) is 3.50. The Morgan fingerprint density at radius 1 is 1.85 bits per heavy atom. The van der Waals surface area contributed by atoms with Crippen LogP contribution in [0.4, 0.5) is 4.79 Å². The van der Waals surface area contributed by atoms with E-state index in [1.54, 1.807) is 0 Å². The maximum atomic E-state index is 10.8. The minimum absolute atomic E-state index is 0.370. The van der Waals surface area contributed by atoms with Crippen molar-refractivity contribution in [2.75, 3.05) is 12.9 Å². The van der Waals surface area contributed by atoms with Crippen LogP contribution in [0, 0.1) is 0 Å². The number of ether oxygens (including phenoxy) is 1. The quantitative estimate of drug-likeness (QED) is 0.577. The maximum Gasteiger partial charge on any atom is 0.407 e. The predicted octanol–water partition coefficient (Wildman–Crippen LogP) is -0.473. The number of methoxy groups -OCH3 is 1. The van der Waals surface area contributed by atoms with Gasteiger partial charge in [-0.05, 0) is 0 Å². The van der Waals surface area contributed by atoms with Crippen LogP contribution < -0.4 is 5.32 Å². The van der Waals surface area contributed by atoms with Crippen molar-refractivity contribution in [1.82, 2.24) is 25.9 Å². The Hall–Kier alpha value is -1.31. The fraction of sp³-hybridized carbons (Fsp3) is 0.600. The zero-order valence-corrected chi connectivity index (χ0v) is 7.78. The number of nitrogens with zero attached hydrogens (tertiary/aromatic N) is 3. The number of rotatable bonds is 3. The van der Waals surface area contributed by atoms with Crippen LogP contribution in [0.2, 0.25) is 0 Å². The van der Waals surface area contributed by atoms with Gasteiger partial charge in [0.25, 0.3) is 0 Å². The Balaban J connectivity index is 2.58. The normalized spacial score (nSPS) is 12.2. The van der Waals surface area contributed by atoms with E-state index < -0.39 is 12.1 Å². The number of carbonyl (C=O) groups excluding carboxylic acids is 1. The molecule has 0 aliphatic carbocycles. The molecule has 8 heteroatoms. The number of tetrazole rings is 1. The monoisotopic (exact) mass is 203 g/mol. The molecule has 0 radical (unpaired) electrons. The van der Waals surface area contributed by atoms with Crippen LogP contribution in [-0.4, -0.2) is 39.6 Å². The van der Waals surface area contributed by atoms with Crippen LogP contribution in [0.3, 0.4) is 0 Å². The third kappa shape index (κ3) is 2.58. The number of hydrogen-bond donors (Lipinski definition) is 3. The number of aromatic nitrogens is 4. The number of amides is 1. The molecule has 7 nitrogen and oxygen atoms in total. The molecule has 0 aliphatic rings. The Bertz CT molecular complexity index is 264. The lowest BCUT2D eigenvalue weighted by molar-refractivity contribution is 0.167. The number of aromatic amines is 1. The molecule has 0 unspecified atom stereocenters. The summed E-state index contributed by atoms with van der Waals surface area (Å²) >= 11 is 4.02. The lowest BCUT2D eigenvalue weighted by Crippen LogP contribution is -2.30. The van der Waals surface area contributed by atoms with E-state index in [2.05, 4.69) is 43.3 Å². The van der Waals surface area contributed by atoms with Gasteiger partial charge in [-0.1, -0.05) is 5.21 Å². The number of hydrogen-bond acceptors (Lipinski definition) is 6. The topological polar surface area (TPSA) is 92.8 Å². The van der Waals surface area contributed by atoms with Gasteiger partial charge in [0, 0.05) is 5.75 Å².